The van der Waals surface area contributed by atoms with Crippen LogP contribution in [0, 0.1) is 0 Å². The number of benzene rings is 1. The summed E-state index contributed by atoms with van der Waals surface area (Å²) in [5, 5.41) is 10.5. The molecule has 1 aromatic carbocycles. The number of aromatic nitrogens is 2. The topological polar surface area (TPSA) is 81.4 Å². The lowest BCUT2D eigenvalue weighted by molar-refractivity contribution is 0.0695. The van der Waals surface area contributed by atoms with E-state index < -0.39 is 11.4 Å². The van der Waals surface area contributed by atoms with Crippen molar-refractivity contribution < 1.29 is 14.6 Å². The minimum atomic E-state index is -1.35. The van der Waals surface area contributed by atoms with Crippen LogP contribution in [0.1, 0.15) is 17.3 Å². The Morgan fingerprint density at radius 3 is 2.46 bits per heavy atom. The highest BCUT2D eigenvalue weighted by molar-refractivity contribution is 6.42. The number of aromatic carboxylic acids is 1. The zero-order chi connectivity index (χ0) is 20.4. The number of carbonyl (C=O) groups is 1. The second kappa shape index (κ2) is 8.22. The van der Waals surface area contributed by atoms with Gasteiger partial charge in [0.05, 0.1) is 21.9 Å². The average molecular weight is 440 g/mol. The van der Waals surface area contributed by atoms with Crippen LogP contribution in [-0.4, -0.2) is 20.6 Å². The summed E-state index contributed by atoms with van der Waals surface area (Å²) in [5.74, 6) is -0.857. The van der Waals surface area contributed by atoms with Crippen molar-refractivity contribution in [1.29, 1.82) is 0 Å². The third-order valence-corrected chi connectivity index (χ3v) is 4.88. The van der Waals surface area contributed by atoms with Crippen LogP contribution >= 0.6 is 34.8 Å². The van der Waals surface area contributed by atoms with Gasteiger partial charge in [0.15, 0.2) is 0 Å². The maximum absolute atomic E-state index is 12.6. The van der Waals surface area contributed by atoms with Gasteiger partial charge >= 0.3 is 5.97 Å². The molecule has 0 aliphatic heterocycles. The number of halogens is 3. The van der Waals surface area contributed by atoms with Crippen molar-refractivity contribution in [3.63, 3.8) is 0 Å². The fraction of sp³-hybridized carbons (Fsp3) is 0.105. The van der Waals surface area contributed by atoms with Gasteiger partial charge in [0.1, 0.15) is 16.5 Å². The maximum atomic E-state index is 12.6. The van der Waals surface area contributed by atoms with Crippen molar-refractivity contribution in [1.82, 2.24) is 9.55 Å². The van der Waals surface area contributed by atoms with Crippen molar-refractivity contribution in [2.45, 2.75) is 13.5 Å². The number of ether oxygens (including phenoxy) is 1. The number of carboxylic acids is 1. The molecule has 3 rings (SSSR count). The van der Waals surface area contributed by atoms with Crippen molar-refractivity contribution in [2.24, 2.45) is 0 Å². The quantitative estimate of drug-likeness (QED) is 0.540. The van der Waals surface area contributed by atoms with Gasteiger partial charge in [-0.1, -0.05) is 40.9 Å². The van der Waals surface area contributed by atoms with Crippen LogP contribution in [0.5, 0.6) is 11.6 Å². The van der Waals surface area contributed by atoms with Crippen LogP contribution in [0.4, 0.5) is 0 Å². The van der Waals surface area contributed by atoms with Gasteiger partial charge in [-0.3, -0.25) is 4.79 Å². The molecule has 0 bridgehead atoms. The molecule has 28 heavy (non-hydrogen) atoms. The molecular formula is C19H13Cl3N2O4. The predicted octanol–water partition coefficient (Wildman–Crippen LogP) is 5.38. The summed E-state index contributed by atoms with van der Waals surface area (Å²) in [4.78, 5) is 28.3. The van der Waals surface area contributed by atoms with E-state index in [1.807, 2.05) is 0 Å². The highest BCUT2D eigenvalue weighted by atomic mass is 35.5. The van der Waals surface area contributed by atoms with Gasteiger partial charge in [0.2, 0.25) is 11.3 Å². The summed E-state index contributed by atoms with van der Waals surface area (Å²) >= 11 is 17.8. The second-order valence-corrected chi connectivity index (χ2v) is 6.87. The van der Waals surface area contributed by atoms with Gasteiger partial charge in [-0.2, -0.15) is 0 Å². The number of hydrogen-bond donors (Lipinski definition) is 1. The van der Waals surface area contributed by atoms with E-state index in [2.05, 4.69) is 4.98 Å². The van der Waals surface area contributed by atoms with Gasteiger partial charge in [-0.15, -0.1) is 0 Å². The van der Waals surface area contributed by atoms with Crippen molar-refractivity contribution >= 4 is 40.8 Å². The van der Waals surface area contributed by atoms with E-state index in [0.717, 1.165) is 6.07 Å². The summed E-state index contributed by atoms with van der Waals surface area (Å²) in [6, 6.07) is 8.88. The zero-order valence-electron chi connectivity index (χ0n) is 14.4. The lowest BCUT2D eigenvalue weighted by Crippen LogP contribution is -2.21. The Morgan fingerprint density at radius 1 is 1.14 bits per heavy atom. The van der Waals surface area contributed by atoms with E-state index in [-0.39, 0.29) is 27.3 Å². The molecule has 2 aromatic heterocycles. The first-order chi connectivity index (χ1) is 13.3. The molecule has 0 spiro atoms. The Morgan fingerprint density at radius 2 is 1.89 bits per heavy atom. The highest BCUT2D eigenvalue weighted by Crippen LogP contribution is 2.33. The number of carboxylic acid groups (broad SMARTS) is 1. The van der Waals surface area contributed by atoms with Crippen molar-refractivity contribution in [2.75, 3.05) is 0 Å². The standard InChI is InChI=1S/C19H13Cl3N2O4/c1-2-24-16(28-11-4-6-15(22)23-9-11)8-14(25)17(19(26)27)18(24)10-3-5-12(20)13(21)7-10/h3-9H,2H2,1H3,(H,26,27). The fourth-order valence-corrected chi connectivity index (χ4v) is 3.13. The van der Waals surface area contributed by atoms with Crippen LogP contribution in [-0.2, 0) is 6.54 Å². The Kier molecular flexibility index (Phi) is 5.93. The predicted molar refractivity (Wildman–Crippen MR) is 108 cm³/mol. The molecule has 3 aromatic rings. The van der Waals surface area contributed by atoms with Crippen molar-refractivity contribution in [3.8, 4) is 22.9 Å². The van der Waals surface area contributed by atoms with E-state index in [1.54, 1.807) is 23.6 Å². The largest absolute Gasteiger partial charge is 0.477 e. The molecule has 0 saturated heterocycles. The molecule has 0 amide bonds. The van der Waals surface area contributed by atoms with Crippen LogP contribution in [0.3, 0.4) is 0 Å². The molecule has 0 atom stereocenters. The molecule has 6 nitrogen and oxygen atoms in total. The normalized spacial score (nSPS) is 10.7. The lowest BCUT2D eigenvalue weighted by Gasteiger charge is -2.19. The molecule has 0 radical (unpaired) electrons. The first kappa shape index (κ1) is 20.2. The van der Waals surface area contributed by atoms with Gasteiger partial charge in [0.25, 0.3) is 0 Å². The lowest BCUT2D eigenvalue weighted by atomic mass is 10.0. The number of rotatable bonds is 5. The smallest absolute Gasteiger partial charge is 0.341 e. The molecule has 2 heterocycles. The van der Waals surface area contributed by atoms with E-state index in [1.165, 1.54) is 24.4 Å². The maximum Gasteiger partial charge on any atom is 0.341 e. The third-order valence-electron chi connectivity index (χ3n) is 3.92. The number of nitrogens with zero attached hydrogens (tertiary/aromatic N) is 2. The van der Waals surface area contributed by atoms with E-state index in [9.17, 15) is 14.7 Å². The summed E-state index contributed by atoms with van der Waals surface area (Å²) in [5.41, 5.74) is -0.500. The van der Waals surface area contributed by atoms with Crippen LogP contribution < -0.4 is 10.2 Å². The fourth-order valence-electron chi connectivity index (χ4n) is 2.72. The number of pyridine rings is 2. The minimum absolute atomic E-state index is 0.155. The van der Waals surface area contributed by atoms with Crippen molar-refractivity contribution in [3.05, 3.63) is 73.6 Å². The Balaban J connectivity index is 2.26. The molecule has 0 saturated carbocycles. The summed E-state index contributed by atoms with van der Waals surface area (Å²) in [7, 11) is 0. The molecular weight excluding hydrogens is 427 g/mol. The molecule has 0 aliphatic rings. The van der Waals surface area contributed by atoms with Crippen LogP contribution in [0.25, 0.3) is 11.3 Å². The molecule has 0 unspecified atom stereocenters. The summed E-state index contributed by atoms with van der Waals surface area (Å²) in [6.07, 6.45) is 1.40. The van der Waals surface area contributed by atoms with E-state index in [0.29, 0.717) is 22.9 Å². The average Bonchev–Trinajstić information content (AvgIpc) is 2.65. The summed E-state index contributed by atoms with van der Waals surface area (Å²) in [6.45, 7) is 2.12. The third kappa shape index (κ3) is 3.99. The molecule has 1 N–H and O–H groups in total. The highest BCUT2D eigenvalue weighted by Gasteiger charge is 2.23. The Hall–Kier alpha value is -2.54. The SMILES string of the molecule is CCn1c(Oc2ccc(Cl)nc2)cc(=O)c(C(=O)O)c1-c1ccc(Cl)c(Cl)c1. The number of hydrogen-bond acceptors (Lipinski definition) is 4. The van der Waals surface area contributed by atoms with E-state index >= 15 is 0 Å². The Labute approximate surface area is 174 Å². The van der Waals surface area contributed by atoms with Gasteiger partial charge in [-0.25, -0.2) is 9.78 Å². The van der Waals surface area contributed by atoms with Crippen LogP contribution in [0.2, 0.25) is 15.2 Å². The van der Waals surface area contributed by atoms with Gasteiger partial charge < -0.3 is 14.4 Å². The monoisotopic (exact) mass is 438 g/mol. The first-order valence-electron chi connectivity index (χ1n) is 8.07. The molecule has 0 fully saturated rings. The molecule has 0 aliphatic carbocycles. The van der Waals surface area contributed by atoms with Gasteiger partial charge in [-0.05, 0) is 31.2 Å². The second-order valence-electron chi connectivity index (χ2n) is 5.67. The first-order valence-corrected chi connectivity index (χ1v) is 9.21. The molecule has 144 valence electrons. The van der Waals surface area contributed by atoms with Gasteiger partial charge in [0, 0.05) is 18.2 Å². The molecule has 9 heteroatoms. The minimum Gasteiger partial charge on any atom is -0.477 e. The van der Waals surface area contributed by atoms with Crippen LogP contribution in [0.15, 0.2) is 47.4 Å². The van der Waals surface area contributed by atoms with E-state index in [4.69, 9.17) is 39.5 Å². The Bertz CT molecular complexity index is 1110. The zero-order valence-corrected chi connectivity index (χ0v) is 16.7. The summed E-state index contributed by atoms with van der Waals surface area (Å²) < 4.78 is 7.35.